The minimum absolute atomic E-state index is 0.00134. The van der Waals surface area contributed by atoms with E-state index in [9.17, 15) is 18.4 Å². The number of carbonyl (C=O) groups excluding carboxylic acids is 1. The normalized spacial score (nSPS) is 11.0. The van der Waals surface area contributed by atoms with Gasteiger partial charge in [0.15, 0.2) is 5.16 Å². The van der Waals surface area contributed by atoms with Crippen LogP contribution in [0.1, 0.15) is 0 Å². The van der Waals surface area contributed by atoms with E-state index >= 15 is 0 Å². The summed E-state index contributed by atoms with van der Waals surface area (Å²) in [5.41, 5.74) is -0.355. The molecule has 1 heterocycles. The van der Waals surface area contributed by atoms with E-state index in [2.05, 4.69) is 4.98 Å². The zero-order chi connectivity index (χ0) is 19.7. The highest BCUT2D eigenvalue weighted by molar-refractivity contribution is 7.99. The quantitative estimate of drug-likeness (QED) is 0.489. The van der Waals surface area contributed by atoms with Gasteiger partial charge in [0.2, 0.25) is 5.91 Å². The van der Waals surface area contributed by atoms with Crippen LogP contribution in [0.3, 0.4) is 0 Å². The second kappa shape index (κ2) is 7.66. The molecule has 9 heteroatoms. The first-order valence-corrected chi connectivity index (χ1v) is 9.15. The molecule has 0 saturated carbocycles. The van der Waals surface area contributed by atoms with Crippen LogP contribution < -0.4 is 5.56 Å². The van der Waals surface area contributed by atoms with E-state index in [-0.39, 0.29) is 27.9 Å². The summed E-state index contributed by atoms with van der Waals surface area (Å²) < 4.78 is 28.7. The van der Waals surface area contributed by atoms with E-state index < -0.39 is 17.2 Å². The third kappa shape index (κ3) is 3.96. The Morgan fingerprint density at radius 1 is 1.22 bits per heavy atom. The van der Waals surface area contributed by atoms with Crippen LogP contribution in [0.4, 0.5) is 8.78 Å². The van der Waals surface area contributed by atoms with Gasteiger partial charge in [0.1, 0.15) is 11.6 Å². The lowest BCUT2D eigenvalue weighted by Gasteiger charge is -2.15. The Kier molecular flexibility index (Phi) is 5.48. The summed E-state index contributed by atoms with van der Waals surface area (Å²) in [5.74, 6) is -1.88. The smallest absolute Gasteiger partial charge is 0.266 e. The van der Waals surface area contributed by atoms with Crippen molar-refractivity contribution in [3.63, 3.8) is 0 Å². The molecule has 140 valence electrons. The molecule has 3 aromatic rings. The molecule has 5 nitrogen and oxygen atoms in total. The fourth-order valence-electron chi connectivity index (χ4n) is 2.36. The Morgan fingerprint density at radius 3 is 2.63 bits per heavy atom. The third-order valence-corrected chi connectivity index (χ3v) is 4.93. The maximum atomic E-state index is 14.4. The Labute approximate surface area is 162 Å². The number of benzene rings is 2. The van der Waals surface area contributed by atoms with Gasteiger partial charge in [-0.1, -0.05) is 23.4 Å². The first-order valence-electron chi connectivity index (χ1n) is 7.78. The highest BCUT2D eigenvalue weighted by Crippen LogP contribution is 2.24. The van der Waals surface area contributed by atoms with Crippen molar-refractivity contribution >= 4 is 40.2 Å². The molecule has 0 saturated heterocycles. The average Bonchev–Trinajstić information content (AvgIpc) is 2.61. The Morgan fingerprint density at radius 2 is 1.96 bits per heavy atom. The molecule has 0 aliphatic heterocycles. The van der Waals surface area contributed by atoms with Gasteiger partial charge in [0.05, 0.1) is 22.3 Å². The van der Waals surface area contributed by atoms with Crippen molar-refractivity contribution in [2.45, 2.75) is 5.16 Å². The summed E-state index contributed by atoms with van der Waals surface area (Å²) in [6, 6.07) is 7.47. The third-order valence-electron chi connectivity index (χ3n) is 3.77. The highest BCUT2D eigenvalue weighted by Gasteiger charge is 2.18. The van der Waals surface area contributed by atoms with Crippen LogP contribution in [0.15, 0.2) is 46.3 Å². The fourth-order valence-corrected chi connectivity index (χ4v) is 3.52. The summed E-state index contributed by atoms with van der Waals surface area (Å²) >= 11 is 6.96. The largest absolute Gasteiger partial charge is 0.348 e. The molecule has 0 aliphatic carbocycles. The predicted molar refractivity (Wildman–Crippen MR) is 102 cm³/mol. The number of fused-ring (bicyclic) bond motifs is 1. The number of halogens is 3. The molecular weight excluding hydrogens is 396 g/mol. The summed E-state index contributed by atoms with van der Waals surface area (Å²) in [5, 5.41) is 0.640. The minimum atomic E-state index is -0.916. The molecule has 0 aliphatic rings. The van der Waals surface area contributed by atoms with Crippen molar-refractivity contribution in [2.24, 2.45) is 0 Å². The number of hydrogen-bond acceptors (Lipinski definition) is 4. The molecule has 0 radical (unpaired) electrons. The molecule has 27 heavy (non-hydrogen) atoms. The van der Waals surface area contributed by atoms with E-state index in [0.29, 0.717) is 16.6 Å². The van der Waals surface area contributed by atoms with Crippen LogP contribution in [0, 0.1) is 11.6 Å². The average molecular weight is 410 g/mol. The summed E-state index contributed by atoms with van der Waals surface area (Å²) in [6.07, 6.45) is 0. The van der Waals surface area contributed by atoms with Crippen LogP contribution in [0.5, 0.6) is 0 Å². The summed E-state index contributed by atoms with van der Waals surface area (Å²) in [4.78, 5) is 30.7. The van der Waals surface area contributed by atoms with Crippen LogP contribution >= 0.6 is 23.4 Å². The van der Waals surface area contributed by atoms with Gasteiger partial charge in [0.25, 0.3) is 5.56 Å². The highest BCUT2D eigenvalue weighted by atomic mass is 35.5. The zero-order valence-electron chi connectivity index (χ0n) is 14.4. The summed E-state index contributed by atoms with van der Waals surface area (Å²) in [7, 11) is 3.21. The van der Waals surface area contributed by atoms with Crippen molar-refractivity contribution < 1.29 is 13.6 Å². The minimum Gasteiger partial charge on any atom is -0.348 e. The number of carbonyl (C=O) groups is 1. The lowest BCUT2D eigenvalue weighted by atomic mass is 10.2. The molecule has 0 N–H and O–H groups in total. The van der Waals surface area contributed by atoms with E-state index in [0.717, 1.165) is 28.5 Å². The van der Waals surface area contributed by atoms with E-state index in [1.807, 2.05) is 0 Å². The second-order valence-corrected chi connectivity index (χ2v) is 7.25. The van der Waals surface area contributed by atoms with Gasteiger partial charge < -0.3 is 4.90 Å². The molecule has 0 unspecified atom stereocenters. The Balaban J connectivity index is 2.24. The van der Waals surface area contributed by atoms with Crippen LogP contribution in [0.25, 0.3) is 16.6 Å². The number of amides is 1. The van der Waals surface area contributed by atoms with Gasteiger partial charge in [-0.25, -0.2) is 13.8 Å². The van der Waals surface area contributed by atoms with Crippen molar-refractivity contribution in [2.75, 3.05) is 19.8 Å². The molecule has 0 atom stereocenters. The van der Waals surface area contributed by atoms with Gasteiger partial charge in [-0.15, -0.1) is 0 Å². The zero-order valence-corrected chi connectivity index (χ0v) is 15.9. The van der Waals surface area contributed by atoms with Crippen LogP contribution in [-0.4, -0.2) is 40.2 Å². The van der Waals surface area contributed by atoms with Crippen molar-refractivity contribution in [1.82, 2.24) is 14.5 Å². The molecule has 0 bridgehead atoms. The van der Waals surface area contributed by atoms with Gasteiger partial charge in [-0.2, -0.15) is 0 Å². The number of nitrogens with zero attached hydrogens (tertiary/aromatic N) is 3. The molecule has 2 aromatic carbocycles. The Hall–Kier alpha value is -2.45. The predicted octanol–water partition coefficient (Wildman–Crippen LogP) is 3.50. The fraction of sp³-hybridized carbons (Fsp3) is 0.167. The van der Waals surface area contributed by atoms with E-state index in [1.165, 1.54) is 11.0 Å². The number of hydrogen-bond donors (Lipinski definition) is 0. The second-order valence-electron chi connectivity index (χ2n) is 5.87. The number of thioether (sulfide) groups is 1. The number of aromatic nitrogens is 2. The first kappa shape index (κ1) is 19.3. The first-order chi connectivity index (χ1) is 12.8. The van der Waals surface area contributed by atoms with Gasteiger partial charge in [0, 0.05) is 25.2 Å². The van der Waals surface area contributed by atoms with Crippen LogP contribution in [0.2, 0.25) is 5.02 Å². The van der Waals surface area contributed by atoms with Crippen molar-refractivity contribution in [3.8, 4) is 5.69 Å². The number of rotatable bonds is 4. The molecule has 1 amide bonds. The van der Waals surface area contributed by atoms with Gasteiger partial charge >= 0.3 is 0 Å². The van der Waals surface area contributed by atoms with Gasteiger partial charge in [-0.05, 0) is 30.3 Å². The summed E-state index contributed by atoms with van der Waals surface area (Å²) in [6.45, 7) is 0. The lowest BCUT2D eigenvalue weighted by Crippen LogP contribution is -2.26. The SMILES string of the molecule is CN(C)C(=O)CSc1nc2ccc(Cl)cc2c(=O)n1-c1ccc(F)cc1F. The lowest BCUT2D eigenvalue weighted by molar-refractivity contribution is -0.125. The molecule has 0 fully saturated rings. The molecule has 3 rings (SSSR count). The van der Waals surface area contributed by atoms with Crippen LogP contribution in [-0.2, 0) is 4.79 Å². The molecule has 1 aromatic heterocycles. The van der Waals surface area contributed by atoms with E-state index in [1.54, 1.807) is 26.2 Å². The maximum absolute atomic E-state index is 14.4. The van der Waals surface area contributed by atoms with E-state index in [4.69, 9.17) is 11.6 Å². The maximum Gasteiger partial charge on any atom is 0.266 e. The monoisotopic (exact) mass is 409 g/mol. The van der Waals surface area contributed by atoms with Gasteiger partial charge in [-0.3, -0.25) is 14.2 Å². The van der Waals surface area contributed by atoms with Crippen molar-refractivity contribution in [3.05, 3.63) is 63.4 Å². The standard InChI is InChI=1S/C18H14ClF2N3O2S/c1-23(2)16(25)9-27-18-22-14-5-3-10(19)7-12(14)17(26)24(18)15-6-4-11(20)8-13(15)21/h3-8H,9H2,1-2H3. The molecule has 0 spiro atoms. The topological polar surface area (TPSA) is 55.2 Å². The molecular formula is C18H14ClF2N3O2S. The van der Waals surface area contributed by atoms with Crippen molar-refractivity contribution in [1.29, 1.82) is 0 Å². The Bertz CT molecular complexity index is 1100.